The van der Waals surface area contributed by atoms with Gasteiger partial charge in [-0.05, 0) is 13.3 Å². The average Bonchev–Trinajstić information content (AvgIpc) is 2.71. The van der Waals surface area contributed by atoms with Gasteiger partial charge in [0.25, 0.3) is 0 Å². The summed E-state index contributed by atoms with van der Waals surface area (Å²) < 4.78 is 22.7. The van der Waals surface area contributed by atoms with Gasteiger partial charge in [0.15, 0.2) is 9.84 Å². The number of hydrogen-bond acceptors (Lipinski definition) is 5. The summed E-state index contributed by atoms with van der Waals surface area (Å²) in [6.45, 7) is 2.68. The lowest BCUT2D eigenvalue weighted by molar-refractivity contribution is 0.397. The van der Waals surface area contributed by atoms with Gasteiger partial charge in [0, 0.05) is 23.2 Å². The highest BCUT2D eigenvalue weighted by Crippen LogP contribution is 2.23. The van der Waals surface area contributed by atoms with Crippen LogP contribution in [0.2, 0.25) is 0 Å². The molecule has 0 spiro atoms. The van der Waals surface area contributed by atoms with Crippen molar-refractivity contribution < 1.29 is 8.42 Å². The third-order valence-electron chi connectivity index (χ3n) is 2.68. The van der Waals surface area contributed by atoms with Crippen LogP contribution in [-0.4, -0.2) is 30.4 Å². The molecule has 1 aromatic heterocycles. The molecule has 2 heterocycles. The smallest absolute Gasteiger partial charge is 0.152 e. The molecule has 4 nitrogen and oxygen atoms in total. The number of thiazole rings is 1. The maximum absolute atomic E-state index is 11.4. The van der Waals surface area contributed by atoms with Crippen LogP contribution < -0.4 is 5.32 Å². The summed E-state index contributed by atoms with van der Waals surface area (Å²) in [5, 5.41) is 3.31. The number of hydrogen-bond donors (Lipinski definition) is 1. The molecule has 1 unspecified atom stereocenters. The van der Waals surface area contributed by atoms with Crippen LogP contribution in [0.15, 0.2) is 11.7 Å². The number of aromatic nitrogens is 1. The lowest BCUT2D eigenvalue weighted by atomic mass is 10.0. The van der Waals surface area contributed by atoms with Crippen LogP contribution in [0, 0.1) is 0 Å². The molecule has 84 valence electrons. The first-order chi connectivity index (χ1) is 6.99. The Morgan fingerprint density at radius 3 is 3.00 bits per heavy atom. The van der Waals surface area contributed by atoms with Crippen molar-refractivity contribution in [3.63, 3.8) is 0 Å². The van der Waals surface area contributed by atoms with Gasteiger partial charge in [0.2, 0.25) is 0 Å². The van der Waals surface area contributed by atoms with E-state index in [-0.39, 0.29) is 11.3 Å². The second kappa shape index (κ2) is 3.84. The number of nitrogens with one attached hydrogen (secondary N) is 1. The van der Waals surface area contributed by atoms with Crippen LogP contribution in [0.3, 0.4) is 0 Å². The molecule has 1 aromatic rings. The van der Waals surface area contributed by atoms with Gasteiger partial charge >= 0.3 is 0 Å². The summed E-state index contributed by atoms with van der Waals surface area (Å²) >= 11 is 1.58. The van der Waals surface area contributed by atoms with Gasteiger partial charge < -0.3 is 5.32 Å². The predicted molar refractivity (Wildman–Crippen MR) is 60.6 cm³/mol. The van der Waals surface area contributed by atoms with Crippen LogP contribution in [0.4, 0.5) is 0 Å². The van der Waals surface area contributed by atoms with E-state index in [9.17, 15) is 8.42 Å². The summed E-state index contributed by atoms with van der Waals surface area (Å²) in [6, 6.07) is 0. The normalized spacial score (nSPS) is 29.4. The van der Waals surface area contributed by atoms with E-state index in [1.165, 1.54) is 0 Å². The maximum atomic E-state index is 11.4. The van der Waals surface area contributed by atoms with Gasteiger partial charge in [-0.15, -0.1) is 11.3 Å². The largest absolute Gasteiger partial charge is 0.306 e. The van der Waals surface area contributed by atoms with Gasteiger partial charge in [0.05, 0.1) is 17.0 Å². The Labute approximate surface area is 93.7 Å². The second-order valence-corrected chi connectivity index (χ2v) is 7.38. The lowest BCUT2D eigenvalue weighted by Crippen LogP contribution is -2.42. The SMILES string of the molecule is CC1(NCc2cncs2)CCS(=O)(=O)C1. The van der Waals surface area contributed by atoms with Gasteiger partial charge in [0.1, 0.15) is 0 Å². The molecular formula is C9H14N2O2S2. The molecule has 0 saturated carbocycles. The molecule has 1 atom stereocenters. The molecule has 2 rings (SSSR count). The van der Waals surface area contributed by atoms with Gasteiger partial charge in [-0.1, -0.05) is 0 Å². The van der Waals surface area contributed by atoms with Crippen LogP contribution in [0.5, 0.6) is 0 Å². The molecule has 0 aromatic carbocycles. The Morgan fingerprint density at radius 1 is 1.67 bits per heavy atom. The second-order valence-electron chi connectivity index (χ2n) is 4.22. The summed E-state index contributed by atoms with van der Waals surface area (Å²) in [7, 11) is -2.82. The first kappa shape index (κ1) is 11.0. The monoisotopic (exact) mass is 246 g/mol. The average molecular weight is 246 g/mol. The zero-order valence-corrected chi connectivity index (χ0v) is 10.2. The minimum absolute atomic E-state index is 0.249. The molecule has 0 bridgehead atoms. The van der Waals surface area contributed by atoms with Crippen molar-refractivity contribution in [1.82, 2.24) is 10.3 Å². The van der Waals surface area contributed by atoms with E-state index in [1.54, 1.807) is 16.8 Å². The summed E-state index contributed by atoms with van der Waals surface area (Å²) in [5.74, 6) is 0.554. The Bertz CT molecular complexity index is 427. The van der Waals surface area contributed by atoms with Crippen molar-refractivity contribution in [2.45, 2.75) is 25.4 Å². The Morgan fingerprint density at radius 2 is 2.47 bits per heavy atom. The van der Waals surface area contributed by atoms with E-state index in [0.29, 0.717) is 18.7 Å². The fourth-order valence-corrected chi connectivity index (χ4v) is 4.44. The Balaban J connectivity index is 1.95. The van der Waals surface area contributed by atoms with Crippen molar-refractivity contribution in [2.75, 3.05) is 11.5 Å². The van der Waals surface area contributed by atoms with Crippen LogP contribution in [-0.2, 0) is 16.4 Å². The van der Waals surface area contributed by atoms with E-state index in [0.717, 1.165) is 4.88 Å². The number of nitrogens with zero attached hydrogens (tertiary/aromatic N) is 1. The zero-order valence-electron chi connectivity index (χ0n) is 8.56. The van der Waals surface area contributed by atoms with Crippen molar-refractivity contribution in [3.05, 3.63) is 16.6 Å². The molecule has 1 aliphatic rings. The molecule has 1 fully saturated rings. The molecule has 0 amide bonds. The zero-order chi connectivity index (χ0) is 10.9. The Kier molecular flexibility index (Phi) is 2.83. The van der Waals surface area contributed by atoms with Crippen molar-refractivity contribution >= 4 is 21.2 Å². The topological polar surface area (TPSA) is 59.1 Å². The third kappa shape index (κ3) is 2.76. The molecule has 0 radical (unpaired) electrons. The van der Waals surface area contributed by atoms with Gasteiger partial charge in [-0.25, -0.2) is 8.42 Å². The van der Waals surface area contributed by atoms with E-state index in [2.05, 4.69) is 10.3 Å². The van der Waals surface area contributed by atoms with E-state index in [1.807, 2.05) is 13.1 Å². The summed E-state index contributed by atoms with van der Waals surface area (Å²) in [6.07, 6.45) is 2.51. The first-order valence-corrected chi connectivity index (χ1v) is 7.52. The fourth-order valence-electron chi connectivity index (χ4n) is 1.78. The van der Waals surface area contributed by atoms with E-state index >= 15 is 0 Å². The molecule has 6 heteroatoms. The summed E-state index contributed by atoms with van der Waals surface area (Å²) in [4.78, 5) is 5.12. The molecule has 0 aliphatic carbocycles. The van der Waals surface area contributed by atoms with Crippen LogP contribution >= 0.6 is 11.3 Å². The first-order valence-electron chi connectivity index (χ1n) is 4.82. The highest BCUT2D eigenvalue weighted by Gasteiger charge is 2.37. The predicted octanol–water partition coefficient (Wildman–Crippen LogP) is 0.810. The molecular weight excluding hydrogens is 232 g/mol. The molecule has 1 saturated heterocycles. The van der Waals surface area contributed by atoms with E-state index < -0.39 is 9.84 Å². The van der Waals surface area contributed by atoms with Gasteiger partial charge in [-0.2, -0.15) is 0 Å². The van der Waals surface area contributed by atoms with Crippen LogP contribution in [0.1, 0.15) is 18.2 Å². The molecule has 1 N–H and O–H groups in total. The van der Waals surface area contributed by atoms with Crippen molar-refractivity contribution in [3.8, 4) is 0 Å². The molecule has 1 aliphatic heterocycles. The van der Waals surface area contributed by atoms with E-state index in [4.69, 9.17) is 0 Å². The maximum Gasteiger partial charge on any atom is 0.152 e. The standard InChI is InChI=1S/C9H14N2O2S2/c1-9(2-3-15(12,13)6-9)11-5-8-4-10-7-14-8/h4,7,11H,2-3,5-6H2,1H3. The number of rotatable bonds is 3. The lowest BCUT2D eigenvalue weighted by Gasteiger charge is -2.23. The third-order valence-corrected chi connectivity index (χ3v) is 5.36. The Hall–Kier alpha value is -0.460. The number of sulfone groups is 1. The highest BCUT2D eigenvalue weighted by molar-refractivity contribution is 7.91. The summed E-state index contributed by atoms with van der Waals surface area (Å²) in [5.41, 5.74) is 1.52. The quantitative estimate of drug-likeness (QED) is 0.857. The minimum Gasteiger partial charge on any atom is -0.306 e. The molecule has 15 heavy (non-hydrogen) atoms. The van der Waals surface area contributed by atoms with Crippen molar-refractivity contribution in [2.24, 2.45) is 0 Å². The van der Waals surface area contributed by atoms with Crippen molar-refractivity contribution in [1.29, 1.82) is 0 Å². The fraction of sp³-hybridized carbons (Fsp3) is 0.667. The van der Waals surface area contributed by atoms with Gasteiger partial charge in [-0.3, -0.25) is 4.98 Å². The highest BCUT2D eigenvalue weighted by atomic mass is 32.2. The minimum atomic E-state index is -2.82. The van der Waals surface area contributed by atoms with Crippen LogP contribution in [0.25, 0.3) is 0 Å².